The lowest BCUT2D eigenvalue weighted by Crippen LogP contribution is -2.37. The number of hydrogen-bond acceptors (Lipinski definition) is 7. The first-order chi connectivity index (χ1) is 10.4. The van der Waals surface area contributed by atoms with E-state index in [9.17, 15) is 24.0 Å². The lowest BCUT2D eigenvalue weighted by atomic mass is 10.0. The molecule has 12 nitrogen and oxygen atoms in total. The Labute approximate surface area is 129 Å². The molecule has 0 aromatic carbocycles. The van der Waals surface area contributed by atoms with Gasteiger partial charge >= 0.3 is 29.8 Å². The van der Waals surface area contributed by atoms with E-state index in [4.69, 9.17) is 37.0 Å². The average Bonchev–Trinajstić information content (AvgIpc) is 2.41. The summed E-state index contributed by atoms with van der Waals surface area (Å²) in [4.78, 5) is 50.6. The summed E-state index contributed by atoms with van der Waals surface area (Å²) in [6.45, 7) is 0. The standard InChI is InChI=1S/C6H9NO6.C5H9NO4/c7-3(6(12)13)1-2(4(8)9)5(10)11;6-3(5(9)10)1-2-4(7)8/h2-3H,1,7H2,(H,8,9)(H,10,11)(H,12,13);3H,1-2,6H2,(H,7,8)(H,9,10)/t2*3-/m00/s1. The van der Waals surface area contributed by atoms with Gasteiger partial charge in [0.1, 0.15) is 12.1 Å². The van der Waals surface area contributed by atoms with Gasteiger partial charge in [0.25, 0.3) is 0 Å². The quantitative estimate of drug-likeness (QED) is 0.222. The Morgan fingerprint density at radius 3 is 1.35 bits per heavy atom. The molecular weight excluding hydrogens is 320 g/mol. The lowest BCUT2D eigenvalue weighted by molar-refractivity contribution is -0.155. The SMILES string of the molecule is N[C@@H](CC(C(=O)O)C(=O)O)C(=O)O.N[C@@H](CCC(=O)O)C(=O)O. The van der Waals surface area contributed by atoms with E-state index in [1.165, 1.54) is 0 Å². The predicted molar refractivity (Wildman–Crippen MR) is 71.5 cm³/mol. The van der Waals surface area contributed by atoms with E-state index in [0.29, 0.717) is 0 Å². The van der Waals surface area contributed by atoms with Gasteiger partial charge < -0.3 is 37.0 Å². The van der Waals surface area contributed by atoms with Crippen molar-refractivity contribution < 1.29 is 49.5 Å². The fourth-order valence-corrected chi connectivity index (χ4v) is 1.06. The van der Waals surface area contributed by atoms with Gasteiger partial charge in [-0.25, -0.2) is 0 Å². The predicted octanol–water partition coefficient (Wildman–Crippen LogP) is -2.16. The second-order valence-corrected chi connectivity index (χ2v) is 4.29. The summed E-state index contributed by atoms with van der Waals surface area (Å²) in [6, 6.07) is -2.53. The fraction of sp³-hybridized carbons (Fsp3) is 0.545. The molecule has 9 N–H and O–H groups in total. The van der Waals surface area contributed by atoms with Crippen molar-refractivity contribution in [1.82, 2.24) is 0 Å². The number of rotatable bonds is 9. The molecule has 0 heterocycles. The van der Waals surface area contributed by atoms with E-state index in [-0.39, 0.29) is 12.8 Å². The fourth-order valence-electron chi connectivity index (χ4n) is 1.06. The van der Waals surface area contributed by atoms with Gasteiger partial charge in [0, 0.05) is 6.42 Å². The summed E-state index contributed by atoms with van der Waals surface area (Å²) < 4.78 is 0. The Morgan fingerprint density at radius 1 is 0.696 bits per heavy atom. The number of carboxylic acid groups (broad SMARTS) is 5. The van der Waals surface area contributed by atoms with Crippen LogP contribution < -0.4 is 11.5 Å². The van der Waals surface area contributed by atoms with Crippen molar-refractivity contribution in [3.63, 3.8) is 0 Å². The normalized spacial score (nSPS) is 12.5. The van der Waals surface area contributed by atoms with Crippen LogP contribution in [-0.2, 0) is 24.0 Å². The van der Waals surface area contributed by atoms with E-state index < -0.39 is 54.3 Å². The topological polar surface area (TPSA) is 239 Å². The highest BCUT2D eigenvalue weighted by molar-refractivity contribution is 5.93. The highest BCUT2D eigenvalue weighted by Gasteiger charge is 2.30. The van der Waals surface area contributed by atoms with Gasteiger partial charge in [-0.2, -0.15) is 0 Å². The van der Waals surface area contributed by atoms with Gasteiger partial charge in [-0.05, 0) is 12.8 Å². The van der Waals surface area contributed by atoms with Crippen LogP contribution in [0.5, 0.6) is 0 Å². The first-order valence-corrected chi connectivity index (χ1v) is 6.04. The van der Waals surface area contributed by atoms with Gasteiger partial charge in [-0.3, -0.25) is 24.0 Å². The van der Waals surface area contributed by atoms with Crippen molar-refractivity contribution in [2.75, 3.05) is 0 Å². The van der Waals surface area contributed by atoms with E-state index in [0.717, 1.165) is 0 Å². The molecule has 0 radical (unpaired) electrons. The summed E-state index contributed by atoms with van der Waals surface area (Å²) in [6.07, 6.45) is -0.849. The Bertz CT molecular complexity index is 450. The Balaban J connectivity index is 0. The zero-order valence-corrected chi connectivity index (χ0v) is 11.8. The number of carboxylic acids is 5. The van der Waals surface area contributed by atoms with Gasteiger partial charge in [0.05, 0.1) is 0 Å². The minimum atomic E-state index is -1.77. The minimum absolute atomic E-state index is 0.0231. The molecule has 23 heavy (non-hydrogen) atoms. The molecule has 0 bridgehead atoms. The Hall–Kier alpha value is -2.73. The molecule has 2 atom stereocenters. The Morgan fingerprint density at radius 2 is 1.09 bits per heavy atom. The van der Waals surface area contributed by atoms with Crippen LogP contribution in [0.1, 0.15) is 19.3 Å². The number of carbonyl (C=O) groups is 5. The second kappa shape index (κ2) is 10.9. The molecule has 0 saturated carbocycles. The molecule has 0 amide bonds. The van der Waals surface area contributed by atoms with E-state index in [1.54, 1.807) is 0 Å². The lowest BCUT2D eigenvalue weighted by Gasteiger charge is -2.09. The molecule has 0 aliphatic carbocycles. The van der Waals surface area contributed by atoms with Crippen molar-refractivity contribution in [2.24, 2.45) is 17.4 Å². The van der Waals surface area contributed by atoms with Crippen molar-refractivity contribution in [2.45, 2.75) is 31.3 Å². The van der Waals surface area contributed by atoms with Gasteiger partial charge in [-0.15, -0.1) is 0 Å². The third kappa shape index (κ3) is 11.6. The highest BCUT2D eigenvalue weighted by atomic mass is 16.4. The molecule has 0 saturated heterocycles. The summed E-state index contributed by atoms with van der Waals surface area (Å²) in [5.74, 6) is -8.58. The van der Waals surface area contributed by atoms with Crippen LogP contribution in [0, 0.1) is 5.92 Å². The Kier molecular flexibility index (Phi) is 10.7. The summed E-state index contributed by atoms with van der Waals surface area (Å²) in [5, 5.41) is 41.2. The molecule has 0 unspecified atom stereocenters. The van der Waals surface area contributed by atoms with Crippen molar-refractivity contribution >= 4 is 29.8 Å². The molecule has 0 aliphatic heterocycles. The van der Waals surface area contributed by atoms with Crippen molar-refractivity contribution in [3.8, 4) is 0 Å². The molecule has 12 heteroatoms. The maximum absolute atomic E-state index is 10.3. The summed E-state index contributed by atoms with van der Waals surface area (Å²) >= 11 is 0. The zero-order valence-electron chi connectivity index (χ0n) is 11.8. The van der Waals surface area contributed by atoms with Crippen LogP contribution in [0.3, 0.4) is 0 Å². The van der Waals surface area contributed by atoms with Gasteiger partial charge in [-0.1, -0.05) is 0 Å². The van der Waals surface area contributed by atoms with Crippen LogP contribution in [0.15, 0.2) is 0 Å². The molecular formula is C11H18N2O10. The van der Waals surface area contributed by atoms with E-state index in [1.807, 2.05) is 0 Å². The van der Waals surface area contributed by atoms with Crippen molar-refractivity contribution in [1.29, 1.82) is 0 Å². The van der Waals surface area contributed by atoms with Gasteiger partial charge in [0.15, 0.2) is 5.92 Å². The minimum Gasteiger partial charge on any atom is -0.481 e. The van der Waals surface area contributed by atoms with Crippen LogP contribution in [0.25, 0.3) is 0 Å². The third-order valence-corrected chi connectivity index (χ3v) is 2.39. The molecule has 0 rings (SSSR count). The largest absolute Gasteiger partial charge is 0.481 e. The maximum atomic E-state index is 10.3. The summed E-state index contributed by atoms with van der Waals surface area (Å²) in [7, 11) is 0. The first-order valence-electron chi connectivity index (χ1n) is 6.04. The van der Waals surface area contributed by atoms with Crippen LogP contribution in [0.2, 0.25) is 0 Å². The van der Waals surface area contributed by atoms with E-state index in [2.05, 4.69) is 0 Å². The van der Waals surface area contributed by atoms with Gasteiger partial charge in [0.2, 0.25) is 0 Å². The maximum Gasteiger partial charge on any atom is 0.320 e. The number of hydrogen-bond donors (Lipinski definition) is 7. The molecule has 132 valence electrons. The average molecular weight is 338 g/mol. The van der Waals surface area contributed by atoms with Crippen LogP contribution >= 0.6 is 0 Å². The monoisotopic (exact) mass is 338 g/mol. The molecule has 0 aromatic heterocycles. The molecule has 0 spiro atoms. The van der Waals surface area contributed by atoms with Crippen LogP contribution in [-0.4, -0.2) is 67.5 Å². The van der Waals surface area contributed by atoms with E-state index >= 15 is 0 Å². The zero-order chi connectivity index (χ0) is 18.7. The third-order valence-electron chi connectivity index (χ3n) is 2.39. The molecule has 0 aliphatic rings. The number of nitrogens with two attached hydrogens (primary N) is 2. The second-order valence-electron chi connectivity index (χ2n) is 4.29. The van der Waals surface area contributed by atoms with Crippen LogP contribution in [0.4, 0.5) is 0 Å². The smallest absolute Gasteiger partial charge is 0.320 e. The number of aliphatic carboxylic acids is 5. The first kappa shape index (κ1) is 22.5. The molecule has 0 aromatic rings. The molecule has 0 fully saturated rings. The van der Waals surface area contributed by atoms with Crippen molar-refractivity contribution in [3.05, 3.63) is 0 Å². The highest BCUT2D eigenvalue weighted by Crippen LogP contribution is 2.06. The summed E-state index contributed by atoms with van der Waals surface area (Å²) in [5.41, 5.74) is 9.97.